The zero-order valence-corrected chi connectivity index (χ0v) is 15.8. The Hall–Kier alpha value is -2.03. The molecule has 2 fully saturated rings. The summed E-state index contributed by atoms with van der Waals surface area (Å²) >= 11 is 0. The predicted molar refractivity (Wildman–Crippen MR) is 97.2 cm³/mol. The van der Waals surface area contributed by atoms with E-state index >= 15 is 0 Å². The molecular weight excluding hydrogens is 348 g/mol. The Labute approximate surface area is 160 Å². The van der Waals surface area contributed by atoms with E-state index in [4.69, 9.17) is 11.8 Å². The number of rotatable bonds is 8. The molecule has 0 radical (unpaired) electrons. The van der Waals surface area contributed by atoms with Crippen LogP contribution in [0, 0.1) is 17.8 Å². The van der Waals surface area contributed by atoms with Crippen LogP contribution in [0.5, 0.6) is 0 Å². The van der Waals surface area contributed by atoms with E-state index in [1.165, 1.54) is 0 Å². The topological polar surface area (TPSA) is 136 Å². The molecule has 0 unspecified atom stereocenters. The molecule has 4 N–H and O–H groups in total. The largest absolute Gasteiger partial charge is 0.461 e. The van der Waals surface area contributed by atoms with E-state index in [-0.39, 0.29) is 6.42 Å². The van der Waals surface area contributed by atoms with Gasteiger partial charge in [-0.05, 0) is 63.3 Å². The number of carbonyl (C=O) groups is 2. The van der Waals surface area contributed by atoms with Crippen molar-refractivity contribution in [3.8, 4) is 0 Å². The molecule has 9 nitrogen and oxygen atoms in total. The van der Waals surface area contributed by atoms with Crippen molar-refractivity contribution in [1.82, 2.24) is 25.9 Å². The number of nitrogens with one attached hydrogen (secondary N) is 2. The van der Waals surface area contributed by atoms with E-state index in [9.17, 15) is 9.59 Å². The van der Waals surface area contributed by atoms with Crippen molar-refractivity contribution in [3.63, 3.8) is 0 Å². The summed E-state index contributed by atoms with van der Waals surface area (Å²) < 4.78 is 14.1. The van der Waals surface area contributed by atoms with E-state index in [0.717, 1.165) is 37.9 Å². The number of piperidine rings is 1. The fraction of sp³-hybridized carbons (Fsp3) is 0.833. The maximum Gasteiger partial charge on any atom is 0.323 e. The number of aromatic nitrogens is 4. The van der Waals surface area contributed by atoms with E-state index < -0.39 is 24.0 Å². The molecule has 1 aromatic rings. The highest BCUT2D eigenvalue weighted by molar-refractivity contribution is 5.76. The highest BCUT2D eigenvalue weighted by atomic mass is 16.5. The molecule has 27 heavy (non-hydrogen) atoms. The SMILES string of the molecule is [2H][C@@]1(C(=O)O[C@H](C)CCC(N)=O)C[C@H]2C[C@@H](CCc3nn[nH]n3)CC[C@H]2CN1. The lowest BCUT2D eigenvalue weighted by Crippen LogP contribution is -2.50. The molecular formula is C18H30N6O3. The van der Waals surface area contributed by atoms with E-state index in [0.29, 0.717) is 37.1 Å². The van der Waals surface area contributed by atoms with Crippen LogP contribution in [0.3, 0.4) is 0 Å². The summed E-state index contributed by atoms with van der Waals surface area (Å²) in [5.74, 6) is 1.13. The number of hydrogen-bond donors (Lipinski definition) is 3. The third kappa shape index (κ3) is 5.72. The lowest BCUT2D eigenvalue weighted by Gasteiger charge is -2.42. The third-order valence-electron chi connectivity index (χ3n) is 5.81. The van der Waals surface area contributed by atoms with Crippen molar-refractivity contribution in [2.45, 2.75) is 70.4 Å². The van der Waals surface area contributed by atoms with E-state index in [2.05, 4.69) is 25.9 Å². The molecule has 5 atom stereocenters. The molecule has 2 heterocycles. The van der Waals surface area contributed by atoms with Crippen LogP contribution in [0.2, 0.25) is 0 Å². The molecule has 1 amide bonds. The Morgan fingerprint density at radius 2 is 2.22 bits per heavy atom. The molecule has 0 bridgehead atoms. The Morgan fingerprint density at radius 3 is 2.96 bits per heavy atom. The lowest BCUT2D eigenvalue weighted by atomic mass is 9.69. The number of aryl methyl sites for hydroxylation is 1. The molecule has 1 aliphatic carbocycles. The van der Waals surface area contributed by atoms with Crippen LogP contribution in [-0.2, 0) is 20.7 Å². The molecule has 0 spiro atoms. The Bertz CT molecular complexity index is 672. The maximum absolute atomic E-state index is 12.6. The number of hydrogen-bond acceptors (Lipinski definition) is 7. The number of amides is 1. The highest BCUT2D eigenvalue weighted by Crippen LogP contribution is 2.40. The van der Waals surface area contributed by atoms with Gasteiger partial charge in [-0.3, -0.25) is 9.59 Å². The van der Waals surface area contributed by atoms with Gasteiger partial charge < -0.3 is 15.8 Å². The number of nitrogens with zero attached hydrogens (tertiary/aromatic N) is 3. The number of tetrazole rings is 1. The van der Waals surface area contributed by atoms with E-state index in [1.54, 1.807) is 6.92 Å². The van der Waals surface area contributed by atoms with Crippen LogP contribution >= 0.6 is 0 Å². The van der Waals surface area contributed by atoms with Crippen LogP contribution < -0.4 is 11.1 Å². The van der Waals surface area contributed by atoms with Crippen LogP contribution in [0.4, 0.5) is 0 Å². The van der Waals surface area contributed by atoms with E-state index in [1.807, 2.05) is 0 Å². The molecule has 2 aliphatic rings. The van der Waals surface area contributed by atoms with Gasteiger partial charge >= 0.3 is 5.97 Å². The Morgan fingerprint density at radius 1 is 1.37 bits per heavy atom. The summed E-state index contributed by atoms with van der Waals surface area (Å²) in [6, 6.07) is -1.42. The number of fused-ring (bicyclic) bond motifs is 1. The Balaban J connectivity index is 1.51. The smallest absolute Gasteiger partial charge is 0.323 e. The van der Waals surface area contributed by atoms with Gasteiger partial charge in [0.05, 0.1) is 7.47 Å². The quantitative estimate of drug-likeness (QED) is 0.566. The number of carbonyl (C=O) groups excluding carboxylic acids is 2. The fourth-order valence-corrected chi connectivity index (χ4v) is 4.23. The number of esters is 1. The second-order valence-electron chi connectivity index (χ2n) is 7.85. The second-order valence-corrected chi connectivity index (χ2v) is 7.85. The van der Waals surface area contributed by atoms with Crippen molar-refractivity contribution in [1.29, 1.82) is 0 Å². The predicted octanol–water partition coefficient (Wildman–Crippen LogP) is 0.724. The average Bonchev–Trinajstić information content (AvgIpc) is 3.18. The fourth-order valence-electron chi connectivity index (χ4n) is 4.23. The number of nitrogens with two attached hydrogens (primary N) is 1. The summed E-state index contributed by atoms with van der Waals surface area (Å²) in [5, 5.41) is 17.2. The highest BCUT2D eigenvalue weighted by Gasteiger charge is 2.38. The molecule has 1 saturated heterocycles. The summed E-state index contributed by atoms with van der Waals surface area (Å²) in [4.78, 5) is 23.5. The maximum atomic E-state index is 12.6. The number of aromatic amines is 1. The van der Waals surface area contributed by atoms with Crippen molar-refractivity contribution < 1.29 is 15.7 Å². The van der Waals surface area contributed by atoms with Crippen LogP contribution in [-0.4, -0.2) is 51.2 Å². The minimum atomic E-state index is -1.42. The third-order valence-corrected chi connectivity index (χ3v) is 5.81. The molecule has 1 aromatic heterocycles. The van der Waals surface area contributed by atoms with Gasteiger partial charge in [-0.25, -0.2) is 0 Å². The van der Waals surface area contributed by atoms with Gasteiger partial charge in [0.15, 0.2) is 5.82 Å². The second kappa shape index (κ2) is 9.25. The van der Waals surface area contributed by atoms with Crippen LogP contribution in [0.1, 0.15) is 59.1 Å². The van der Waals surface area contributed by atoms with Gasteiger partial charge in [0.2, 0.25) is 5.91 Å². The van der Waals surface area contributed by atoms with Crippen molar-refractivity contribution >= 4 is 11.9 Å². The van der Waals surface area contributed by atoms with Crippen molar-refractivity contribution in [2.75, 3.05) is 6.54 Å². The summed E-state index contributed by atoms with van der Waals surface area (Å²) in [5.41, 5.74) is 5.14. The number of ether oxygens (including phenoxy) is 1. The minimum absolute atomic E-state index is 0.166. The minimum Gasteiger partial charge on any atom is -0.461 e. The first-order valence-corrected chi connectivity index (χ1v) is 9.82. The first kappa shape index (κ1) is 18.3. The molecule has 0 aromatic carbocycles. The Kier molecular flexibility index (Phi) is 6.28. The van der Waals surface area contributed by atoms with Crippen molar-refractivity contribution in [2.24, 2.45) is 23.5 Å². The van der Waals surface area contributed by atoms with Crippen LogP contribution in [0.25, 0.3) is 0 Å². The van der Waals surface area contributed by atoms with Gasteiger partial charge in [-0.2, -0.15) is 5.21 Å². The molecule has 3 rings (SSSR count). The standard InChI is InChI=1S/C18H30N6O3/c1-11(2-6-16(19)25)27-18(26)15-9-14-8-12(3-5-13(14)10-20-15)4-7-17-21-23-24-22-17/h11-15,20H,2-10H2,1H3,(H2,19,25)(H,21,22,23,24)/t11-,12-,13+,14-,15+/m1/s1/i15D. The van der Waals surface area contributed by atoms with Gasteiger partial charge in [-0.15, -0.1) is 10.2 Å². The van der Waals surface area contributed by atoms with Gasteiger partial charge in [0.25, 0.3) is 0 Å². The van der Waals surface area contributed by atoms with Gasteiger partial charge in [0.1, 0.15) is 6.02 Å². The number of H-pyrrole nitrogens is 1. The summed E-state index contributed by atoms with van der Waals surface area (Å²) in [6.45, 7) is 2.39. The monoisotopic (exact) mass is 379 g/mol. The summed E-state index contributed by atoms with van der Waals surface area (Å²) in [6.07, 6.45) is 5.62. The number of primary amides is 1. The molecule has 9 heteroatoms. The first-order chi connectivity index (χ1) is 13.4. The molecule has 150 valence electrons. The molecule has 1 aliphatic heterocycles. The average molecular weight is 379 g/mol. The van der Waals surface area contributed by atoms with Gasteiger partial charge in [-0.1, -0.05) is 11.6 Å². The first-order valence-electron chi connectivity index (χ1n) is 10.3. The zero-order chi connectivity index (χ0) is 20.1. The van der Waals surface area contributed by atoms with Gasteiger partial charge in [0, 0.05) is 12.8 Å². The zero-order valence-electron chi connectivity index (χ0n) is 16.8. The summed E-state index contributed by atoms with van der Waals surface area (Å²) in [7, 11) is 0. The lowest BCUT2D eigenvalue weighted by molar-refractivity contribution is -0.153. The normalized spacial score (nSPS) is 32.2. The molecule has 1 saturated carbocycles. The van der Waals surface area contributed by atoms with Crippen LogP contribution in [0.15, 0.2) is 0 Å². The van der Waals surface area contributed by atoms with Crippen molar-refractivity contribution in [3.05, 3.63) is 5.82 Å².